The highest BCUT2D eigenvalue weighted by Gasteiger charge is 2.21. The molecule has 4 nitrogen and oxygen atoms in total. The van der Waals surface area contributed by atoms with Gasteiger partial charge in [-0.3, -0.25) is 0 Å². The van der Waals surface area contributed by atoms with Crippen molar-refractivity contribution >= 4 is 21.9 Å². The van der Waals surface area contributed by atoms with E-state index in [0.29, 0.717) is 0 Å². The molecule has 0 atom stereocenters. The maximum atomic E-state index is 5.40. The van der Waals surface area contributed by atoms with E-state index in [0.717, 1.165) is 67.2 Å². The number of benzene rings is 5. The third-order valence-corrected chi connectivity index (χ3v) is 8.77. The van der Waals surface area contributed by atoms with Gasteiger partial charge in [-0.05, 0) is 46.3 Å². The van der Waals surface area contributed by atoms with Crippen molar-refractivity contribution in [2.75, 3.05) is 0 Å². The normalized spacial score (nSPS) is 11.5. The van der Waals surface area contributed by atoms with Gasteiger partial charge in [0.2, 0.25) is 0 Å². The summed E-state index contributed by atoms with van der Waals surface area (Å²) < 4.78 is 4.20. The van der Waals surface area contributed by atoms with Crippen molar-refractivity contribution in [3.8, 4) is 56.0 Å². The summed E-state index contributed by atoms with van der Waals surface area (Å²) in [7, 11) is 0. The molecule has 4 aromatic heterocycles. The molecule has 9 aromatic rings. The molecule has 0 saturated carbocycles. The first-order chi connectivity index (χ1) is 22.8. The molecule has 0 amide bonds. The first kappa shape index (κ1) is 26.2. The molecule has 216 valence electrons. The Hall–Kier alpha value is -6.26. The Labute approximate surface area is 266 Å². The molecule has 0 spiro atoms. The molecule has 0 saturated heterocycles. The second kappa shape index (κ2) is 10.7. The zero-order valence-corrected chi connectivity index (χ0v) is 25.0. The van der Waals surface area contributed by atoms with Crippen LogP contribution in [0.2, 0.25) is 0 Å². The van der Waals surface area contributed by atoms with E-state index in [1.54, 1.807) is 0 Å². The van der Waals surface area contributed by atoms with Gasteiger partial charge in [-0.2, -0.15) is 5.10 Å². The van der Waals surface area contributed by atoms with E-state index in [4.69, 9.17) is 10.1 Å². The quantitative estimate of drug-likeness (QED) is 0.200. The van der Waals surface area contributed by atoms with E-state index < -0.39 is 0 Å². The Bertz CT molecular complexity index is 2470. The second-order valence-electron chi connectivity index (χ2n) is 11.6. The average Bonchev–Trinajstić information content (AvgIpc) is 3.75. The molecule has 9 rings (SSSR count). The first-order valence-electron chi connectivity index (χ1n) is 15.5. The van der Waals surface area contributed by atoms with E-state index in [1.807, 2.05) is 24.4 Å². The Balaban J connectivity index is 1.22. The number of hydrogen-bond donors (Lipinski definition) is 0. The summed E-state index contributed by atoms with van der Waals surface area (Å²) >= 11 is 0. The lowest BCUT2D eigenvalue weighted by Crippen LogP contribution is -1.95. The van der Waals surface area contributed by atoms with Crippen molar-refractivity contribution in [1.29, 1.82) is 0 Å². The summed E-state index contributed by atoms with van der Waals surface area (Å²) in [5.41, 5.74) is 12.9. The van der Waals surface area contributed by atoms with Crippen LogP contribution in [0.15, 0.2) is 170 Å². The van der Waals surface area contributed by atoms with Crippen molar-refractivity contribution in [3.05, 3.63) is 170 Å². The van der Waals surface area contributed by atoms with Gasteiger partial charge in [0.15, 0.2) is 0 Å². The Morgan fingerprint density at radius 1 is 0.478 bits per heavy atom. The number of aromatic nitrogens is 4. The van der Waals surface area contributed by atoms with E-state index in [2.05, 4.69) is 155 Å². The van der Waals surface area contributed by atoms with Gasteiger partial charge in [0.05, 0.1) is 16.9 Å². The summed E-state index contributed by atoms with van der Waals surface area (Å²) in [5.74, 6) is 0. The lowest BCUT2D eigenvalue weighted by atomic mass is 9.95. The van der Waals surface area contributed by atoms with Gasteiger partial charge in [-0.15, -0.1) is 0 Å². The molecular formula is C42H28N4. The van der Waals surface area contributed by atoms with Crippen LogP contribution in [0.25, 0.3) is 78.0 Å². The highest BCUT2D eigenvalue weighted by molar-refractivity contribution is 6.08. The third-order valence-electron chi connectivity index (χ3n) is 8.77. The first-order valence-corrected chi connectivity index (χ1v) is 15.5. The number of hydrogen-bond acceptors (Lipinski definition) is 2. The van der Waals surface area contributed by atoms with Gasteiger partial charge in [0.1, 0.15) is 11.3 Å². The molecule has 0 aliphatic rings. The van der Waals surface area contributed by atoms with Crippen LogP contribution in [0, 0.1) is 0 Å². The third kappa shape index (κ3) is 4.39. The monoisotopic (exact) mass is 588 g/mol. The molecule has 0 bridgehead atoms. The van der Waals surface area contributed by atoms with Crippen LogP contribution in [0.3, 0.4) is 0 Å². The standard InChI is InChI=1S/C42H28N4/c1-3-12-31(13-4-1)38-27-34-16-7-8-19-36(34)42-40(32-14-5-2-6-15-32)41(44-46(38)42)35-18-11-17-33(26-35)29-21-23-30(24-22-29)37-28-45-25-10-9-20-39(45)43-37/h1-28H. The number of nitrogens with zero attached hydrogens (tertiary/aromatic N) is 4. The van der Waals surface area contributed by atoms with E-state index in [9.17, 15) is 0 Å². The van der Waals surface area contributed by atoms with Gasteiger partial charge in [-0.25, -0.2) is 9.50 Å². The van der Waals surface area contributed by atoms with Gasteiger partial charge >= 0.3 is 0 Å². The van der Waals surface area contributed by atoms with Crippen LogP contribution in [0.5, 0.6) is 0 Å². The molecule has 4 heteroatoms. The number of pyridine rings is 2. The SMILES string of the molecule is c1ccc(-c2c(-c3cccc(-c4ccc(-c5cn6ccccc6n5)cc4)c3)nn3c(-c4ccccc4)cc4ccccc4c23)cc1. The maximum Gasteiger partial charge on any atom is 0.137 e. The van der Waals surface area contributed by atoms with E-state index >= 15 is 0 Å². The van der Waals surface area contributed by atoms with Crippen molar-refractivity contribution < 1.29 is 0 Å². The lowest BCUT2D eigenvalue weighted by Gasteiger charge is -2.10. The fourth-order valence-electron chi connectivity index (χ4n) is 6.54. The summed E-state index contributed by atoms with van der Waals surface area (Å²) in [5, 5.41) is 7.77. The van der Waals surface area contributed by atoms with Crippen LogP contribution < -0.4 is 0 Å². The zero-order valence-electron chi connectivity index (χ0n) is 25.0. The highest BCUT2D eigenvalue weighted by Crippen LogP contribution is 2.41. The fraction of sp³-hybridized carbons (Fsp3) is 0. The summed E-state index contributed by atoms with van der Waals surface area (Å²) in [6, 6.07) is 55.5. The zero-order chi connectivity index (χ0) is 30.5. The van der Waals surface area contributed by atoms with Gasteiger partial charge in [-0.1, -0.05) is 133 Å². The minimum Gasteiger partial charge on any atom is -0.306 e. The van der Waals surface area contributed by atoms with Crippen LogP contribution in [-0.4, -0.2) is 19.0 Å². The molecular weight excluding hydrogens is 560 g/mol. The predicted octanol–water partition coefficient (Wildman–Crippen LogP) is 10.5. The Morgan fingerprint density at radius 3 is 1.96 bits per heavy atom. The summed E-state index contributed by atoms with van der Waals surface area (Å²) in [4.78, 5) is 4.80. The highest BCUT2D eigenvalue weighted by atomic mass is 15.2. The van der Waals surface area contributed by atoms with E-state index in [-0.39, 0.29) is 0 Å². The molecule has 4 heterocycles. The fourth-order valence-corrected chi connectivity index (χ4v) is 6.54. The smallest absolute Gasteiger partial charge is 0.137 e. The Morgan fingerprint density at radius 2 is 1.15 bits per heavy atom. The van der Waals surface area contributed by atoms with Crippen LogP contribution in [0.4, 0.5) is 0 Å². The molecule has 0 N–H and O–H groups in total. The molecule has 0 fully saturated rings. The van der Waals surface area contributed by atoms with E-state index in [1.165, 1.54) is 10.8 Å². The largest absolute Gasteiger partial charge is 0.306 e. The minimum absolute atomic E-state index is 0.944. The van der Waals surface area contributed by atoms with Crippen LogP contribution >= 0.6 is 0 Å². The van der Waals surface area contributed by atoms with Gasteiger partial charge < -0.3 is 4.40 Å². The molecule has 0 aliphatic carbocycles. The topological polar surface area (TPSA) is 34.6 Å². The maximum absolute atomic E-state index is 5.40. The predicted molar refractivity (Wildman–Crippen MR) is 189 cm³/mol. The van der Waals surface area contributed by atoms with Crippen molar-refractivity contribution in [2.24, 2.45) is 0 Å². The molecule has 46 heavy (non-hydrogen) atoms. The Kier molecular flexibility index (Phi) is 6.10. The van der Waals surface area contributed by atoms with Crippen LogP contribution in [-0.2, 0) is 0 Å². The lowest BCUT2D eigenvalue weighted by molar-refractivity contribution is 0.979. The van der Waals surface area contributed by atoms with Crippen molar-refractivity contribution in [3.63, 3.8) is 0 Å². The molecule has 0 radical (unpaired) electrons. The number of fused-ring (bicyclic) bond motifs is 4. The number of imidazole rings is 1. The molecule has 0 aliphatic heterocycles. The van der Waals surface area contributed by atoms with Crippen molar-refractivity contribution in [2.45, 2.75) is 0 Å². The molecule has 5 aromatic carbocycles. The van der Waals surface area contributed by atoms with Crippen molar-refractivity contribution in [1.82, 2.24) is 19.0 Å². The molecule has 0 unspecified atom stereocenters. The second-order valence-corrected chi connectivity index (χ2v) is 11.6. The van der Waals surface area contributed by atoms with Gasteiger partial charge in [0.25, 0.3) is 0 Å². The van der Waals surface area contributed by atoms with Gasteiger partial charge in [0, 0.05) is 40.0 Å². The van der Waals surface area contributed by atoms with Crippen LogP contribution in [0.1, 0.15) is 0 Å². The average molecular weight is 589 g/mol. The summed E-state index contributed by atoms with van der Waals surface area (Å²) in [6.45, 7) is 0. The minimum atomic E-state index is 0.944. The number of rotatable bonds is 5. The summed E-state index contributed by atoms with van der Waals surface area (Å²) in [6.07, 6.45) is 4.10.